The third-order valence-corrected chi connectivity index (χ3v) is 4.39. The summed E-state index contributed by atoms with van der Waals surface area (Å²) in [6.07, 6.45) is 1.04. The van der Waals surface area contributed by atoms with Crippen LogP contribution in [0.3, 0.4) is 0 Å². The quantitative estimate of drug-likeness (QED) is 0.814. The van der Waals surface area contributed by atoms with Gasteiger partial charge in [0.05, 0.1) is 12.8 Å². The van der Waals surface area contributed by atoms with Gasteiger partial charge in [0, 0.05) is 26.2 Å². The Hall–Kier alpha value is -2.14. The summed E-state index contributed by atoms with van der Waals surface area (Å²) in [5.74, 6) is 0.112. The molecule has 5 nitrogen and oxygen atoms in total. The summed E-state index contributed by atoms with van der Waals surface area (Å²) >= 11 is 0. The highest BCUT2D eigenvalue weighted by molar-refractivity contribution is 5.87. The van der Waals surface area contributed by atoms with Crippen LogP contribution in [0.15, 0.2) is 36.4 Å². The maximum atomic E-state index is 11.6. The largest absolute Gasteiger partial charge is 0.464 e. The fourth-order valence-electron chi connectivity index (χ4n) is 3.16. The molecule has 23 heavy (non-hydrogen) atoms. The Bertz CT molecular complexity index is 666. The molecule has 0 bridgehead atoms. The lowest BCUT2D eigenvalue weighted by Crippen LogP contribution is -2.27. The van der Waals surface area contributed by atoms with Crippen molar-refractivity contribution in [3.05, 3.63) is 53.3 Å². The van der Waals surface area contributed by atoms with Gasteiger partial charge in [0.25, 0.3) is 0 Å². The van der Waals surface area contributed by atoms with Crippen molar-refractivity contribution in [2.24, 2.45) is 0 Å². The molecule has 1 aromatic heterocycles. The molecular weight excluding hydrogens is 290 g/mol. The van der Waals surface area contributed by atoms with Crippen LogP contribution in [-0.2, 0) is 17.8 Å². The molecule has 1 aliphatic heterocycles. The Balaban J connectivity index is 1.71. The first-order valence-corrected chi connectivity index (χ1v) is 8.09. The maximum absolute atomic E-state index is 11.6. The van der Waals surface area contributed by atoms with E-state index in [2.05, 4.69) is 47.3 Å². The van der Waals surface area contributed by atoms with Gasteiger partial charge in [-0.1, -0.05) is 37.3 Å². The highest BCUT2D eigenvalue weighted by Gasteiger charge is 2.21. The second-order valence-corrected chi connectivity index (χ2v) is 6.14. The van der Waals surface area contributed by atoms with Crippen molar-refractivity contribution >= 4 is 5.97 Å². The number of aryl methyl sites for hydroxylation is 1. The molecular formula is C18H23N3O2. The molecule has 0 saturated carbocycles. The lowest BCUT2D eigenvalue weighted by molar-refractivity contribution is 0.0593. The van der Waals surface area contributed by atoms with Crippen LogP contribution in [0.2, 0.25) is 0 Å². The van der Waals surface area contributed by atoms with E-state index in [9.17, 15) is 4.79 Å². The summed E-state index contributed by atoms with van der Waals surface area (Å²) in [5, 5.41) is 4.37. The normalized spacial score (nSPS) is 16.4. The second-order valence-electron chi connectivity index (χ2n) is 6.14. The van der Waals surface area contributed by atoms with Gasteiger partial charge in [-0.25, -0.2) is 4.79 Å². The molecule has 1 aliphatic rings. The average Bonchev–Trinajstić information content (AvgIpc) is 2.88. The van der Waals surface area contributed by atoms with Gasteiger partial charge < -0.3 is 4.74 Å². The number of hydrogen-bond acceptors (Lipinski definition) is 4. The van der Waals surface area contributed by atoms with E-state index < -0.39 is 0 Å². The average molecular weight is 313 g/mol. The molecule has 0 N–H and O–H groups in total. The van der Waals surface area contributed by atoms with Crippen LogP contribution >= 0.6 is 0 Å². The zero-order valence-corrected chi connectivity index (χ0v) is 13.7. The Labute approximate surface area is 136 Å². The minimum atomic E-state index is -0.366. The van der Waals surface area contributed by atoms with Crippen molar-refractivity contribution in [3.8, 4) is 0 Å². The van der Waals surface area contributed by atoms with Crippen LogP contribution < -0.4 is 0 Å². The van der Waals surface area contributed by atoms with Gasteiger partial charge in [0.1, 0.15) is 0 Å². The molecule has 0 saturated heterocycles. The number of aromatic nitrogens is 2. The summed E-state index contributed by atoms with van der Waals surface area (Å²) in [6.45, 7) is 5.98. The predicted octanol–water partition coefficient (Wildman–Crippen LogP) is 2.68. The van der Waals surface area contributed by atoms with E-state index in [0.717, 1.165) is 38.3 Å². The topological polar surface area (TPSA) is 47.4 Å². The van der Waals surface area contributed by atoms with Crippen LogP contribution in [0.25, 0.3) is 0 Å². The smallest absolute Gasteiger partial charge is 0.358 e. The number of carbonyl (C=O) groups excluding carboxylic acids is 1. The maximum Gasteiger partial charge on any atom is 0.358 e. The molecule has 5 heteroatoms. The molecule has 0 radical (unpaired) electrons. The van der Waals surface area contributed by atoms with Crippen LogP contribution in [0.1, 0.15) is 41.0 Å². The third-order valence-electron chi connectivity index (χ3n) is 4.39. The molecule has 1 atom stereocenters. The van der Waals surface area contributed by atoms with Crippen molar-refractivity contribution in [1.82, 2.24) is 14.7 Å². The number of esters is 1. The fourth-order valence-corrected chi connectivity index (χ4v) is 3.16. The lowest BCUT2D eigenvalue weighted by atomic mass is 10.0. The van der Waals surface area contributed by atoms with Gasteiger partial charge in [-0.3, -0.25) is 9.58 Å². The van der Waals surface area contributed by atoms with Crippen molar-refractivity contribution < 1.29 is 9.53 Å². The first kappa shape index (κ1) is 15.7. The Morgan fingerprint density at radius 3 is 2.83 bits per heavy atom. The molecule has 2 heterocycles. The van der Waals surface area contributed by atoms with Gasteiger partial charge in [-0.2, -0.15) is 5.10 Å². The summed E-state index contributed by atoms with van der Waals surface area (Å²) in [5.41, 5.74) is 2.85. The van der Waals surface area contributed by atoms with E-state index in [1.165, 1.54) is 12.7 Å². The summed E-state index contributed by atoms with van der Waals surface area (Å²) < 4.78 is 6.71. The number of carbonyl (C=O) groups is 1. The summed E-state index contributed by atoms with van der Waals surface area (Å²) in [6, 6.07) is 12.5. The van der Waals surface area contributed by atoms with Gasteiger partial charge in [0.2, 0.25) is 0 Å². The van der Waals surface area contributed by atoms with Gasteiger partial charge in [0.15, 0.2) is 5.69 Å². The van der Waals surface area contributed by atoms with Crippen molar-refractivity contribution in [2.45, 2.75) is 32.4 Å². The van der Waals surface area contributed by atoms with Crippen molar-refractivity contribution in [3.63, 3.8) is 0 Å². The third kappa shape index (κ3) is 3.62. The van der Waals surface area contributed by atoms with Crippen molar-refractivity contribution in [2.75, 3.05) is 20.2 Å². The number of methoxy groups -OCH3 is 1. The minimum Gasteiger partial charge on any atom is -0.464 e. The molecule has 122 valence electrons. The van der Waals surface area contributed by atoms with Crippen LogP contribution in [0.4, 0.5) is 0 Å². The monoisotopic (exact) mass is 313 g/mol. The molecule has 0 spiro atoms. The summed E-state index contributed by atoms with van der Waals surface area (Å²) in [4.78, 5) is 14.1. The molecule has 0 unspecified atom stereocenters. The Morgan fingerprint density at radius 2 is 2.09 bits per heavy atom. The standard InChI is InChI=1S/C18H23N3O2/c1-14(15-7-4-3-5-8-15)12-20-9-6-10-21-16(13-20)11-17(19-21)18(22)23-2/h3-5,7-8,11,14H,6,9-10,12-13H2,1-2H3/t14-/m1/s1. The van der Waals surface area contributed by atoms with E-state index in [1.807, 2.05) is 10.7 Å². The number of benzene rings is 1. The molecule has 0 amide bonds. The molecule has 0 aliphatic carbocycles. The first-order chi connectivity index (χ1) is 11.2. The van der Waals surface area contributed by atoms with Gasteiger partial charge in [-0.05, 0) is 24.0 Å². The van der Waals surface area contributed by atoms with Gasteiger partial charge in [-0.15, -0.1) is 0 Å². The highest BCUT2D eigenvalue weighted by Crippen LogP contribution is 2.20. The Morgan fingerprint density at radius 1 is 1.30 bits per heavy atom. The second kappa shape index (κ2) is 6.96. The SMILES string of the molecule is COC(=O)c1cc2n(n1)CCCN(C[C@@H](C)c1ccccc1)C2. The predicted molar refractivity (Wildman–Crippen MR) is 88.3 cm³/mol. The van der Waals surface area contributed by atoms with E-state index >= 15 is 0 Å². The molecule has 2 aromatic rings. The van der Waals surface area contributed by atoms with E-state index in [1.54, 1.807) is 0 Å². The van der Waals surface area contributed by atoms with Crippen LogP contribution in [0, 0.1) is 0 Å². The number of rotatable bonds is 4. The van der Waals surface area contributed by atoms with Crippen LogP contribution in [-0.4, -0.2) is 40.8 Å². The van der Waals surface area contributed by atoms with E-state index in [0.29, 0.717) is 11.6 Å². The van der Waals surface area contributed by atoms with Crippen molar-refractivity contribution in [1.29, 1.82) is 0 Å². The molecule has 1 aromatic carbocycles. The number of ether oxygens (including phenoxy) is 1. The highest BCUT2D eigenvalue weighted by atomic mass is 16.5. The van der Waals surface area contributed by atoms with E-state index in [4.69, 9.17) is 4.74 Å². The zero-order valence-electron chi connectivity index (χ0n) is 13.7. The summed E-state index contributed by atoms with van der Waals surface area (Å²) in [7, 11) is 1.39. The first-order valence-electron chi connectivity index (χ1n) is 8.09. The number of fused-ring (bicyclic) bond motifs is 1. The van der Waals surface area contributed by atoms with Crippen LogP contribution in [0.5, 0.6) is 0 Å². The zero-order chi connectivity index (χ0) is 16.2. The van der Waals surface area contributed by atoms with Gasteiger partial charge >= 0.3 is 5.97 Å². The molecule has 3 rings (SSSR count). The molecule has 0 fully saturated rings. The van der Waals surface area contributed by atoms with E-state index in [-0.39, 0.29) is 5.97 Å². The number of hydrogen-bond donors (Lipinski definition) is 0. The minimum absolute atomic E-state index is 0.366. The fraction of sp³-hybridized carbons (Fsp3) is 0.444. The Kier molecular flexibility index (Phi) is 4.76. The number of nitrogens with zero attached hydrogens (tertiary/aromatic N) is 3. The lowest BCUT2D eigenvalue weighted by Gasteiger charge is -2.24.